The average Bonchev–Trinajstić information content (AvgIpc) is 3.42. The summed E-state index contributed by atoms with van der Waals surface area (Å²) in [4.78, 5) is 11.8. The number of carbonyl (C=O) groups excluding carboxylic acids is 1. The van der Waals surface area contributed by atoms with E-state index in [2.05, 4.69) is 13.8 Å². The minimum Gasteiger partial charge on any atom is -0.458 e. The molecule has 12 unspecified atom stereocenters. The Kier molecular flexibility index (Phi) is 6.61. The zero-order valence-electron chi connectivity index (χ0n) is 23.4. The van der Waals surface area contributed by atoms with Crippen molar-refractivity contribution in [3.8, 4) is 0 Å². The highest BCUT2D eigenvalue weighted by molar-refractivity contribution is 5.85. The summed E-state index contributed by atoms with van der Waals surface area (Å²) in [6, 6.07) is 0. The second kappa shape index (κ2) is 9.25. The normalized spacial score (nSPS) is 54.5. The molecule has 0 spiro atoms. The van der Waals surface area contributed by atoms with E-state index in [9.17, 15) is 20.1 Å². The van der Waals surface area contributed by atoms with Crippen LogP contribution in [0.1, 0.15) is 85.0 Å². The first kappa shape index (κ1) is 27.2. The van der Waals surface area contributed by atoms with Gasteiger partial charge in [-0.3, -0.25) is 0 Å². The zero-order chi connectivity index (χ0) is 27.1. The molecule has 2 aliphatic heterocycles. The molecule has 4 saturated carbocycles. The van der Waals surface area contributed by atoms with Crippen LogP contribution in [0.15, 0.2) is 11.6 Å². The van der Waals surface area contributed by atoms with Crippen LogP contribution in [0.2, 0.25) is 0 Å². The molecule has 214 valence electrons. The van der Waals surface area contributed by atoms with Crippen LogP contribution in [-0.2, 0) is 23.7 Å². The number of aliphatic hydroxyl groups is 3. The lowest BCUT2D eigenvalue weighted by Gasteiger charge is -2.67. The maximum Gasteiger partial charge on any atom is 0.331 e. The van der Waals surface area contributed by atoms with E-state index >= 15 is 0 Å². The molecule has 4 aliphatic carbocycles. The third-order valence-electron chi connectivity index (χ3n) is 12.3. The van der Waals surface area contributed by atoms with Crippen LogP contribution in [0.5, 0.6) is 0 Å². The molecule has 0 radical (unpaired) electrons. The van der Waals surface area contributed by atoms with Gasteiger partial charge >= 0.3 is 5.97 Å². The topological polar surface area (TPSA) is 115 Å². The number of rotatable bonds is 4. The largest absolute Gasteiger partial charge is 0.458 e. The molecule has 12 atom stereocenters. The minimum absolute atomic E-state index is 0.0286. The van der Waals surface area contributed by atoms with E-state index in [4.69, 9.17) is 18.9 Å². The fourth-order valence-electron chi connectivity index (χ4n) is 10.1. The Labute approximate surface area is 226 Å². The molecule has 8 nitrogen and oxygen atoms in total. The molecule has 0 aromatic rings. The number of esters is 1. The molecule has 0 aromatic carbocycles. The van der Waals surface area contributed by atoms with Gasteiger partial charge in [-0.1, -0.05) is 13.8 Å². The lowest BCUT2D eigenvalue weighted by Crippen LogP contribution is -2.73. The van der Waals surface area contributed by atoms with E-state index in [0.717, 1.165) is 50.5 Å². The van der Waals surface area contributed by atoms with E-state index < -0.39 is 22.7 Å². The highest BCUT2D eigenvalue weighted by Gasteiger charge is 2.74. The maximum absolute atomic E-state index is 12.5. The molecule has 3 N–H and O–H groups in total. The summed E-state index contributed by atoms with van der Waals surface area (Å²) in [5, 5.41) is 35.2. The number of methoxy groups -OCH3 is 1. The van der Waals surface area contributed by atoms with Gasteiger partial charge in [-0.25, -0.2) is 4.79 Å². The number of cyclic esters (lactones) is 1. The Morgan fingerprint density at radius 3 is 2.53 bits per heavy atom. The lowest BCUT2D eigenvalue weighted by atomic mass is 9.41. The number of hydrogen-bond donors (Lipinski definition) is 3. The van der Waals surface area contributed by atoms with Crippen LogP contribution in [0, 0.1) is 28.6 Å². The molecule has 6 aliphatic rings. The van der Waals surface area contributed by atoms with Crippen molar-refractivity contribution in [3.05, 3.63) is 11.6 Å². The number of hydrogen-bond acceptors (Lipinski definition) is 8. The van der Waals surface area contributed by atoms with Gasteiger partial charge < -0.3 is 34.3 Å². The summed E-state index contributed by atoms with van der Waals surface area (Å²) < 4.78 is 23.1. The van der Waals surface area contributed by atoms with E-state index in [1.165, 1.54) is 0 Å². The van der Waals surface area contributed by atoms with Crippen LogP contribution >= 0.6 is 0 Å². The Morgan fingerprint density at radius 2 is 1.82 bits per heavy atom. The van der Waals surface area contributed by atoms with Gasteiger partial charge in [-0.2, -0.15) is 0 Å². The monoisotopic (exact) mass is 534 g/mol. The van der Waals surface area contributed by atoms with Crippen molar-refractivity contribution in [2.24, 2.45) is 28.6 Å². The van der Waals surface area contributed by atoms with Crippen molar-refractivity contribution in [2.45, 2.75) is 127 Å². The third-order valence-corrected chi connectivity index (χ3v) is 12.3. The number of ether oxygens (including phenoxy) is 4. The van der Waals surface area contributed by atoms with Crippen molar-refractivity contribution in [2.75, 3.05) is 13.7 Å². The standard InChI is InChI=1S/C30H46O8/c1-17-26(32)22(35-4)15-25(37-17)38-20-6-9-27(2)19(14-20)5-11-29(33)23(27)8-10-28(3)21(7-12-30(28,29)34)18-13-24(31)36-16-18/h13,17,19-23,25-26,32-34H,5-12,14-16H2,1-4H3. The van der Waals surface area contributed by atoms with Crippen LogP contribution in [-0.4, -0.2) is 76.9 Å². The molecule has 1 saturated heterocycles. The van der Waals surface area contributed by atoms with Gasteiger partial charge in [0.2, 0.25) is 0 Å². The Balaban J connectivity index is 1.18. The van der Waals surface area contributed by atoms with Crippen molar-refractivity contribution < 1.29 is 39.1 Å². The van der Waals surface area contributed by atoms with Crippen LogP contribution < -0.4 is 0 Å². The van der Waals surface area contributed by atoms with Crippen molar-refractivity contribution >= 4 is 5.97 Å². The third kappa shape index (κ3) is 3.73. The van der Waals surface area contributed by atoms with Gasteiger partial charge in [0.15, 0.2) is 6.29 Å². The first-order valence-electron chi connectivity index (χ1n) is 14.8. The first-order valence-corrected chi connectivity index (χ1v) is 14.8. The van der Waals surface area contributed by atoms with Gasteiger partial charge in [0.25, 0.3) is 0 Å². The minimum atomic E-state index is -1.18. The Bertz CT molecular complexity index is 983. The number of aliphatic hydroxyl groups excluding tert-OH is 1. The average molecular weight is 535 g/mol. The molecule has 5 fully saturated rings. The smallest absolute Gasteiger partial charge is 0.331 e. The molecule has 8 heteroatoms. The Morgan fingerprint density at radius 1 is 1.03 bits per heavy atom. The van der Waals surface area contributed by atoms with Gasteiger partial charge in [0.1, 0.15) is 12.7 Å². The maximum atomic E-state index is 12.5. The summed E-state index contributed by atoms with van der Waals surface area (Å²) >= 11 is 0. The number of carbonyl (C=O) groups is 1. The molecule has 2 heterocycles. The summed E-state index contributed by atoms with van der Waals surface area (Å²) in [5.74, 6) is 0.206. The lowest BCUT2D eigenvalue weighted by molar-refractivity contribution is -0.304. The van der Waals surface area contributed by atoms with Crippen molar-refractivity contribution in [3.63, 3.8) is 0 Å². The molecule has 38 heavy (non-hydrogen) atoms. The predicted octanol–water partition coefficient (Wildman–Crippen LogP) is 3.25. The molecule has 6 rings (SSSR count). The number of fused-ring (bicyclic) bond motifs is 5. The summed E-state index contributed by atoms with van der Waals surface area (Å²) in [7, 11) is 1.62. The van der Waals surface area contributed by atoms with E-state index in [1.54, 1.807) is 13.2 Å². The predicted molar refractivity (Wildman–Crippen MR) is 138 cm³/mol. The summed E-state index contributed by atoms with van der Waals surface area (Å²) in [6.45, 7) is 6.64. The van der Waals surface area contributed by atoms with E-state index in [1.807, 2.05) is 6.92 Å². The van der Waals surface area contributed by atoms with Crippen molar-refractivity contribution in [1.82, 2.24) is 0 Å². The van der Waals surface area contributed by atoms with E-state index in [-0.39, 0.29) is 47.8 Å². The second-order valence-electron chi connectivity index (χ2n) is 13.8. The fraction of sp³-hybridized carbons (Fsp3) is 0.900. The summed E-state index contributed by atoms with van der Waals surface area (Å²) in [5.41, 5.74) is -1.88. The second-order valence-corrected chi connectivity index (χ2v) is 13.8. The quantitative estimate of drug-likeness (QED) is 0.372. The van der Waals surface area contributed by atoms with Gasteiger partial charge in [0.05, 0.1) is 29.5 Å². The fourth-order valence-corrected chi connectivity index (χ4v) is 10.1. The zero-order valence-corrected chi connectivity index (χ0v) is 23.4. The SMILES string of the molecule is COC1CC(OC2CCC3(C)C(CCC4(O)C3CCC3(C)C(C5=CC(=O)OC5)CCC34O)C2)OC(C)C1O. The van der Waals surface area contributed by atoms with Crippen LogP contribution in [0.3, 0.4) is 0 Å². The highest BCUT2D eigenvalue weighted by atomic mass is 16.7. The highest BCUT2D eigenvalue weighted by Crippen LogP contribution is 2.71. The first-order chi connectivity index (χ1) is 17.9. The molecule has 0 aromatic heterocycles. The van der Waals surface area contributed by atoms with Gasteiger partial charge in [-0.05, 0) is 93.5 Å². The van der Waals surface area contributed by atoms with Crippen LogP contribution in [0.4, 0.5) is 0 Å². The van der Waals surface area contributed by atoms with Gasteiger partial charge in [-0.15, -0.1) is 0 Å². The van der Waals surface area contributed by atoms with Crippen LogP contribution in [0.25, 0.3) is 0 Å². The molecule has 0 amide bonds. The molecule has 0 bridgehead atoms. The van der Waals surface area contributed by atoms with E-state index in [0.29, 0.717) is 31.8 Å². The van der Waals surface area contributed by atoms with Crippen molar-refractivity contribution in [1.29, 1.82) is 0 Å². The summed E-state index contributed by atoms with van der Waals surface area (Å²) in [6.07, 6.45) is 7.78. The van der Waals surface area contributed by atoms with Gasteiger partial charge in [0, 0.05) is 25.0 Å². The molecular formula is C30H46O8. The molecular weight excluding hydrogens is 488 g/mol. The Hall–Kier alpha value is -1.03.